The predicted octanol–water partition coefficient (Wildman–Crippen LogP) is 3.15. The van der Waals surface area contributed by atoms with Crippen LogP contribution in [0.4, 0.5) is 5.69 Å². The zero-order valence-corrected chi connectivity index (χ0v) is 14.2. The van der Waals surface area contributed by atoms with Gasteiger partial charge in [0.05, 0.1) is 6.10 Å². The van der Waals surface area contributed by atoms with E-state index >= 15 is 0 Å². The van der Waals surface area contributed by atoms with Crippen LogP contribution in [0.15, 0.2) is 22.7 Å². The minimum absolute atomic E-state index is 0.218. The summed E-state index contributed by atoms with van der Waals surface area (Å²) in [6, 6.07) is 6.98. The van der Waals surface area contributed by atoms with Crippen LogP contribution < -0.4 is 10.2 Å². The normalized spacial score (nSPS) is 23.4. The number of benzene rings is 1. The molecule has 1 aromatic carbocycles. The topological polar surface area (TPSA) is 35.5 Å². The molecule has 0 aromatic heterocycles. The highest BCUT2D eigenvalue weighted by Gasteiger charge is 2.24. The van der Waals surface area contributed by atoms with Gasteiger partial charge in [-0.25, -0.2) is 0 Å². The van der Waals surface area contributed by atoms with Gasteiger partial charge in [-0.1, -0.05) is 42.8 Å². The number of halogens is 1. The first-order valence-corrected chi connectivity index (χ1v) is 8.21. The molecule has 0 saturated carbocycles. The minimum atomic E-state index is -0.218. The molecule has 2 unspecified atom stereocenters. The third-order valence-corrected chi connectivity index (χ3v) is 4.76. The average Bonchev–Trinajstić information content (AvgIpc) is 2.40. The van der Waals surface area contributed by atoms with Crippen LogP contribution in [0.1, 0.15) is 32.8 Å². The average molecular weight is 341 g/mol. The highest BCUT2D eigenvalue weighted by molar-refractivity contribution is 9.10. The van der Waals surface area contributed by atoms with E-state index < -0.39 is 0 Å². The number of anilines is 1. The summed E-state index contributed by atoms with van der Waals surface area (Å²) in [4.78, 5) is 2.27. The molecule has 2 rings (SSSR count). The summed E-state index contributed by atoms with van der Waals surface area (Å²) < 4.78 is 1.14. The summed E-state index contributed by atoms with van der Waals surface area (Å²) in [6.45, 7) is 9.05. The molecule has 112 valence electrons. The van der Waals surface area contributed by atoms with E-state index in [0.29, 0.717) is 12.0 Å². The van der Waals surface area contributed by atoms with E-state index in [1.54, 1.807) is 0 Å². The Kier molecular flexibility index (Phi) is 5.47. The van der Waals surface area contributed by atoms with Crippen molar-refractivity contribution in [1.29, 1.82) is 0 Å². The maximum Gasteiger partial charge on any atom is 0.0741 e. The van der Waals surface area contributed by atoms with Gasteiger partial charge >= 0.3 is 0 Å². The van der Waals surface area contributed by atoms with Crippen LogP contribution in [0.25, 0.3) is 0 Å². The summed E-state index contributed by atoms with van der Waals surface area (Å²) >= 11 is 3.66. The lowest BCUT2D eigenvalue weighted by Gasteiger charge is -2.36. The molecule has 4 heteroatoms. The molecule has 0 amide bonds. The molecular formula is C16H25BrN2O. The third kappa shape index (κ3) is 3.96. The molecule has 1 aromatic rings. The summed E-state index contributed by atoms with van der Waals surface area (Å²) in [5.41, 5.74) is 2.46. The van der Waals surface area contributed by atoms with Crippen LogP contribution in [0.2, 0.25) is 0 Å². The van der Waals surface area contributed by atoms with E-state index in [1.807, 2.05) is 0 Å². The Labute approximate surface area is 130 Å². The number of hydrogen-bond acceptors (Lipinski definition) is 3. The maximum absolute atomic E-state index is 10.0. The Morgan fingerprint density at radius 1 is 1.45 bits per heavy atom. The van der Waals surface area contributed by atoms with Crippen molar-refractivity contribution < 1.29 is 5.11 Å². The standard InChI is InChI=1S/C16H25BrN2O/c1-11(2)18-9-13-4-5-14(8-15(13)17)19-7-6-12(3)16(20)10-19/h4-5,8,11-12,16,18,20H,6-7,9-10H2,1-3H3. The lowest BCUT2D eigenvalue weighted by Crippen LogP contribution is -2.42. The van der Waals surface area contributed by atoms with Crippen molar-refractivity contribution in [2.75, 3.05) is 18.0 Å². The van der Waals surface area contributed by atoms with Gasteiger partial charge in [-0.3, -0.25) is 0 Å². The Morgan fingerprint density at radius 3 is 2.80 bits per heavy atom. The molecule has 1 aliphatic rings. The Balaban J connectivity index is 2.05. The first-order valence-electron chi connectivity index (χ1n) is 7.42. The smallest absolute Gasteiger partial charge is 0.0741 e. The van der Waals surface area contributed by atoms with Crippen molar-refractivity contribution in [2.24, 2.45) is 5.92 Å². The molecule has 0 spiro atoms. The van der Waals surface area contributed by atoms with Crippen LogP contribution in [0.5, 0.6) is 0 Å². The van der Waals surface area contributed by atoms with Crippen molar-refractivity contribution in [1.82, 2.24) is 5.32 Å². The van der Waals surface area contributed by atoms with Gasteiger partial charge in [0.1, 0.15) is 0 Å². The van der Waals surface area contributed by atoms with E-state index in [0.717, 1.165) is 30.5 Å². The SMILES string of the molecule is CC(C)NCc1ccc(N2CCC(C)C(O)C2)cc1Br. The largest absolute Gasteiger partial charge is 0.391 e. The first-order chi connectivity index (χ1) is 9.47. The number of hydrogen-bond donors (Lipinski definition) is 2. The lowest BCUT2D eigenvalue weighted by atomic mass is 9.95. The van der Waals surface area contributed by atoms with E-state index in [4.69, 9.17) is 0 Å². The van der Waals surface area contributed by atoms with E-state index in [-0.39, 0.29) is 6.10 Å². The number of piperidine rings is 1. The van der Waals surface area contributed by atoms with Crippen molar-refractivity contribution in [3.8, 4) is 0 Å². The monoisotopic (exact) mass is 340 g/mol. The molecule has 0 bridgehead atoms. The Bertz CT molecular complexity index is 450. The second kappa shape index (κ2) is 6.92. The molecule has 1 fully saturated rings. The van der Waals surface area contributed by atoms with Crippen LogP contribution in [-0.4, -0.2) is 30.3 Å². The summed E-state index contributed by atoms with van der Waals surface area (Å²) in [5, 5.41) is 13.4. The number of rotatable bonds is 4. The number of aliphatic hydroxyl groups excluding tert-OH is 1. The van der Waals surface area contributed by atoms with Crippen LogP contribution in [0.3, 0.4) is 0 Å². The van der Waals surface area contributed by atoms with Crippen molar-refractivity contribution in [3.63, 3.8) is 0 Å². The molecule has 0 aliphatic carbocycles. The molecule has 3 nitrogen and oxygen atoms in total. The van der Waals surface area contributed by atoms with Gasteiger partial charge in [-0.05, 0) is 30.0 Å². The molecule has 2 N–H and O–H groups in total. The van der Waals surface area contributed by atoms with Gasteiger partial charge in [0, 0.05) is 35.8 Å². The van der Waals surface area contributed by atoms with Gasteiger partial charge in [-0.15, -0.1) is 0 Å². The molecule has 2 atom stereocenters. The highest BCUT2D eigenvalue weighted by atomic mass is 79.9. The van der Waals surface area contributed by atoms with Crippen LogP contribution in [0, 0.1) is 5.92 Å². The zero-order valence-electron chi connectivity index (χ0n) is 12.6. The number of β-amino-alcohol motifs (C(OH)–C–C–N with tert-alkyl or cyclic N) is 1. The highest BCUT2D eigenvalue weighted by Crippen LogP contribution is 2.28. The molecule has 0 radical (unpaired) electrons. The lowest BCUT2D eigenvalue weighted by molar-refractivity contribution is 0.103. The number of nitrogens with one attached hydrogen (secondary N) is 1. The van der Waals surface area contributed by atoms with E-state index in [9.17, 15) is 5.11 Å². The Hall–Kier alpha value is -0.580. The Morgan fingerprint density at radius 2 is 2.20 bits per heavy atom. The summed E-state index contributed by atoms with van der Waals surface area (Å²) in [6.07, 6.45) is 0.833. The molecule has 1 saturated heterocycles. The van der Waals surface area contributed by atoms with Gasteiger partial charge in [-0.2, -0.15) is 0 Å². The zero-order chi connectivity index (χ0) is 14.7. The fourth-order valence-electron chi connectivity index (χ4n) is 2.47. The number of nitrogens with zero attached hydrogens (tertiary/aromatic N) is 1. The summed E-state index contributed by atoms with van der Waals surface area (Å²) in [5.74, 6) is 0.407. The van der Waals surface area contributed by atoms with Gasteiger partial charge in [0.2, 0.25) is 0 Å². The second-order valence-corrected chi connectivity index (χ2v) is 6.94. The fourth-order valence-corrected chi connectivity index (χ4v) is 2.98. The predicted molar refractivity (Wildman–Crippen MR) is 88.1 cm³/mol. The minimum Gasteiger partial charge on any atom is -0.391 e. The van der Waals surface area contributed by atoms with Crippen molar-refractivity contribution >= 4 is 21.6 Å². The third-order valence-electron chi connectivity index (χ3n) is 4.02. The van der Waals surface area contributed by atoms with Crippen LogP contribution >= 0.6 is 15.9 Å². The quantitative estimate of drug-likeness (QED) is 0.883. The second-order valence-electron chi connectivity index (χ2n) is 6.09. The van der Waals surface area contributed by atoms with Crippen molar-refractivity contribution in [3.05, 3.63) is 28.2 Å². The molecule has 20 heavy (non-hydrogen) atoms. The molecule has 1 aliphatic heterocycles. The van der Waals surface area contributed by atoms with Crippen molar-refractivity contribution in [2.45, 2.75) is 45.9 Å². The number of aliphatic hydroxyl groups is 1. The van der Waals surface area contributed by atoms with E-state index in [1.165, 1.54) is 11.3 Å². The van der Waals surface area contributed by atoms with Gasteiger partial charge < -0.3 is 15.3 Å². The molecule has 1 heterocycles. The van der Waals surface area contributed by atoms with E-state index in [2.05, 4.69) is 65.1 Å². The fraction of sp³-hybridized carbons (Fsp3) is 0.625. The molecular weight excluding hydrogens is 316 g/mol. The first kappa shape index (κ1) is 15.8. The maximum atomic E-state index is 10.0. The van der Waals surface area contributed by atoms with Gasteiger partial charge in [0.15, 0.2) is 0 Å². The van der Waals surface area contributed by atoms with Gasteiger partial charge in [0.25, 0.3) is 0 Å². The van der Waals surface area contributed by atoms with Crippen LogP contribution in [-0.2, 0) is 6.54 Å². The summed E-state index contributed by atoms with van der Waals surface area (Å²) in [7, 11) is 0.